The first-order valence-corrected chi connectivity index (χ1v) is 7.82. The second kappa shape index (κ2) is 7.07. The molecule has 2 aromatic carbocycles. The Hall–Kier alpha value is -3.30. The minimum absolute atomic E-state index is 0.113. The maximum atomic E-state index is 10.4. The Morgan fingerprint density at radius 3 is 2.48 bits per heavy atom. The lowest BCUT2D eigenvalue weighted by Crippen LogP contribution is -2.09. The van der Waals surface area contributed by atoms with Gasteiger partial charge in [0.1, 0.15) is 17.3 Å². The highest BCUT2D eigenvalue weighted by molar-refractivity contribution is 5.72. The second-order valence-electron chi connectivity index (χ2n) is 5.75. The first kappa shape index (κ1) is 16.6. The highest BCUT2D eigenvalue weighted by Crippen LogP contribution is 2.31. The van der Waals surface area contributed by atoms with Crippen LogP contribution >= 0.6 is 0 Å². The van der Waals surface area contributed by atoms with Gasteiger partial charge < -0.3 is 5.11 Å². The van der Waals surface area contributed by atoms with Gasteiger partial charge in [0.05, 0.1) is 12.6 Å². The third-order valence-electron chi connectivity index (χ3n) is 4.00. The summed E-state index contributed by atoms with van der Waals surface area (Å²) in [7, 11) is 0. The normalized spacial score (nSPS) is 11.7. The van der Waals surface area contributed by atoms with Crippen molar-refractivity contribution in [1.29, 1.82) is 10.8 Å². The Labute approximate surface area is 145 Å². The molecule has 0 radical (unpaired) electrons. The summed E-state index contributed by atoms with van der Waals surface area (Å²) >= 11 is 0. The molecule has 1 atom stereocenters. The molecule has 0 bridgehead atoms. The van der Waals surface area contributed by atoms with Gasteiger partial charge in [0.2, 0.25) is 0 Å². The van der Waals surface area contributed by atoms with E-state index in [4.69, 9.17) is 5.53 Å². The quantitative estimate of drug-likeness (QED) is 0.688. The Bertz CT molecular complexity index is 923. The van der Waals surface area contributed by atoms with Crippen LogP contribution in [0.4, 0.5) is 5.82 Å². The molecule has 0 amide bonds. The van der Waals surface area contributed by atoms with Crippen LogP contribution in [0.1, 0.15) is 22.8 Å². The van der Waals surface area contributed by atoms with E-state index in [1.807, 2.05) is 61.5 Å². The molecule has 6 heteroatoms. The Balaban J connectivity index is 2.01. The Morgan fingerprint density at radius 1 is 1.20 bits per heavy atom. The number of aromatic nitrogens is 2. The maximum absolute atomic E-state index is 10.4. The van der Waals surface area contributed by atoms with Crippen LogP contribution in [0.5, 0.6) is 0 Å². The SMILES string of the molecule is Cc1ccc(-c2nn(CC(O)c3ccccc3)c(N=N)c2C#N)cc1. The van der Waals surface area contributed by atoms with E-state index in [0.717, 1.165) is 16.7 Å². The highest BCUT2D eigenvalue weighted by Gasteiger charge is 2.21. The van der Waals surface area contributed by atoms with Crippen molar-refractivity contribution in [3.05, 3.63) is 71.3 Å². The lowest BCUT2D eigenvalue weighted by molar-refractivity contribution is 0.152. The van der Waals surface area contributed by atoms with Crippen LogP contribution in [-0.4, -0.2) is 14.9 Å². The molecule has 3 aromatic rings. The number of benzene rings is 2. The van der Waals surface area contributed by atoms with Gasteiger partial charge in [-0.05, 0) is 12.5 Å². The minimum Gasteiger partial charge on any atom is -0.386 e. The summed E-state index contributed by atoms with van der Waals surface area (Å²) in [5, 5.41) is 27.8. The van der Waals surface area contributed by atoms with Crippen LogP contribution in [-0.2, 0) is 6.54 Å². The van der Waals surface area contributed by atoms with E-state index in [0.29, 0.717) is 5.69 Å². The molecule has 25 heavy (non-hydrogen) atoms. The number of nitrogens with one attached hydrogen (secondary N) is 1. The number of nitriles is 1. The molecule has 6 nitrogen and oxygen atoms in total. The number of aryl methyl sites for hydroxylation is 1. The van der Waals surface area contributed by atoms with Crippen LogP contribution in [0.3, 0.4) is 0 Å². The van der Waals surface area contributed by atoms with Gasteiger partial charge >= 0.3 is 0 Å². The molecule has 0 aliphatic rings. The zero-order chi connectivity index (χ0) is 17.8. The van der Waals surface area contributed by atoms with Crippen molar-refractivity contribution in [3.63, 3.8) is 0 Å². The largest absolute Gasteiger partial charge is 0.386 e. The van der Waals surface area contributed by atoms with Crippen molar-refractivity contribution in [2.24, 2.45) is 5.11 Å². The van der Waals surface area contributed by atoms with Gasteiger partial charge in [-0.25, -0.2) is 10.2 Å². The summed E-state index contributed by atoms with van der Waals surface area (Å²) < 4.78 is 1.42. The third kappa shape index (κ3) is 3.32. The molecule has 1 aromatic heterocycles. The van der Waals surface area contributed by atoms with Crippen LogP contribution in [0.2, 0.25) is 0 Å². The zero-order valence-electron chi connectivity index (χ0n) is 13.7. The van der Waals surface area contributed by atoms with Crippen molar-refractivity contribution < 1.29 is 5.11 Å². The molecule has 124 valence electrons. The average molecular weight is 331 g/mol. The van der Waals surface area contributed by atoms with E-state index < -0.39 is 6.10 Å². The average Bonchev–Trinajstić information content (AvgIpc) is 3.00. The van der Waals surface area contributed by atoms with Crippen molar-refractivity contribution in [1.82, 2.24) is 9.78 Å². The first-order chi connectivity index (χ1) is 12.1. The van der Waals surface area contributed by atoms with Crippen molar-refractivity contribution in [2.75, 3.05) is 0 Å². The van der Waals surface area contributed by atoms with Gasteiger partial charge in [0.15, 0.2) is 5.82 Å². The Morgan fingerprint density at radius 2 is 1.88 bits per heavy atom. The topological polar surface area (TPSA) is 98.0 Å². The van der Waals surface area contributed by atoms with E-state index in [1.165, 1.54) is 4.68 Å². The predicted octanol–water partition coefficient (Wildman–Crippen LogP) is 4.13. The van der Waals surface area contributed by atoms with E-state index in [9.17, 15) is 10.4 Å². The molecule has 0 spiro atoms. The number of nitrogens with zero attached hydrogens (tertiary/aromatic N) is 4. The van der Waals surface area contributed by atoms with Gasteiger partial charge in [-0.15, -0.1) is 5.11 Å². The molecule has 0 saturated heterocycles. The number of rotatable bonds is 5. The summed E-state index contributed by atoms with van der Waals surface area (Å²) in [4.78, 5) is 0. The van der Waals surface area contributed by atoms with Crippen molar-refractivity contribution in [3.8, 4) is 17.3 Å². The predicted molar refractivity (Wildman–Crippen MR) is 93.3 cm³/mol. The fraction of sp³-hybridized carbons (Fsp3) is 0.158. The molecule has 0 fully saturated rings. The van der Waals surface area contributed by atoms with Crippen LogP contribution in [0.15, 0.2) is 59.7 Å². The lowest BCUT2D eigenvalue weighted by Gasteiger charge is -2.11. The molecular formula is C19H17N5O. The number of hydrogen-bond acceptors (Lipinski definition) is 5. The maximum Gasteiger partial charge on any atom is 0.191 e. The lowest BCUT2D eigenvalue weighted by atomic mass is 10.1. The van der Waals surface area contributed by atoms with Gasteiger partial charge in [-0.2, -0.15) is 10.4 Å². The van der Waals surface area contributed by atoms with Gasteiger partial charge in [-0.1, -0.05) is 60.2 Å². The smallest absolute Gasteiger partial charge is 0.191 e. The third-order valence-corrected chi connectivity index (χ3v) is 4.00. The molecular weight excluding hydrogens is 314 g/mol. The summed E-state index contributed by atoms with van der Waals surface area (Å²) in [6.07, 6.45) is -0.806. The van der Waals surface area contributed by atoms with Gasteiger partial charge in [-0.3, -0.25) is 0 Å². The molecule has 0 aliphatic carbocycles. The van der Waals surface area contributed by atoms with Crippen LogP contribution in [0.25, 0.3) is 11.3 Å². The summed E-state index contributed by atoms with van der Waals surface area (Å²) in [5.74, 6) is 0.146. The molecule has 3 rings (SSSR count). The van der Waals surface area contributed by atoms with Gasteiger partial charge in [0.25, 0.3) is 0 Å². The van der Waals surface area contributed by atoms with Gasteiger partial charge in [0, 0.05) is 5.56 Å². The minimum atomic E-state index is -0.806. The molecule has 0 saturated carbocycles. The highest BCUT2D eigenvalue weighted by atomic mass is 16.3. The molecule has 1 unspecified atom stereocenters. The number of aliphatic hydroxyl groups is 1. The van der Waals surface area contributed by atoms with E-state index >= 15 is 0 Å². The molecule has 2 N–H and O–H groups in total. The van der Waals surface area contributed by atoms with Crippen molar-refractivity contribution >= 4 is 5.82 Å². The fourth-order valence-corrected chi connectivity index (χ4v) is 2.65. The monoisotopic (exact) mass is 331 g/mol. The summed E-state index contributed by atoms with van der Waals surface area (Å²) in [5.41, 5.74) is 10.7. The van der Waals surface area contributed by atoms with E-state index in [2.05, 4.69) is 16.3 Å². The van der Waals surface area contributed by atoms with Crippen LogP contribution < -0.4 is 0 Å². The summed E-state index contributed by atoms with van der Waals surface area (Å²) in [6, 6.07) is 18.9. The zero-order valence-corrected chi connectivity index (χ0v) is 13.7. The standard InChI is InChI=1S/C19H17N5O/c1-13-7-9-15(10-8-13)18-16(11-20)19(22-21)24(23-18)12-17(25)14-5-3-2-4-6-14/h2-10,17,21,25H,12H2,1H3. The molecule has 1 heterocycles. The van der Waals surface area contributed by atoms with E-state index in [-0.39, 0.29) is 17.9 Å². The number of hydrogen-bond donors (Lipinski definition) is 2. The first-order valence-electron chi connectivity index (χ1n) is 7.82. The van der Waals surface area contributed by atoms with E-state index in [1.54, 1.807) is 0 Å². The van der Waals surface area contributed by atoms with Crippen LogP contribution in [0, 0.1) is 23.8 Å². The Kier molecular flexibility index (Phi) is 4.68. The number of aliphatic hydroxyl groups excluding tert-OH is 1. The second-order valence-corrected chi connectivity index (χ2v) is 5.75. The molecule has 0 aliphatic heterocycles. The van der Waals surface area contributed by atoms with Crippen molar-refractivity contribution in [2.45, 2.75) is 19.6 Å². The summed E-state index contributed by atoms with van der Waals surface area (Å²) in [6.45, 7) is 2.09. The fourth-order valence-electron chi connectivity index (χ4n) is 2.65.